The van der Waals surface area contributed by atoms with E-state index in [1.54, 1.807) is 0 Å². The van der Waals surface area contributed by atoms with Gasteiger partial charge in [-0.3, -0.25) is 0 Å². The predicted molar refractivity (Wildman–Crippen MR) is 79.2 cm³/mol. The lowest BCUT2D eigenvalue weighted by molar-refractivity contribution is 0.318. The number of anilines is 2. The summed E-state index contributed by atoms with van der Waals surface area (Å²) in [6.07, 6.45) is 4.90. The number of aryl methyl sites for hydroxylation is 1. The molecule has 0 amide bonds. The van der Waals surface area contributed by atoms with Crippen molar-refractivity contribution in [3.05, 3.63) is 11.4 Å². The Morgan fingerprint density at radius 2 is 2.05 bits per heavy atom. The maximum absolute atomic E-state index is 5.56. The van der Waals surface area contributed by atoms with Gasteiger partial charge in [0.15, 0.2) is 0 Å². The van der Waals surface area contributed by atoms with E-state index in [1.165, 1.54) is 19.3 Å². The molecule has 1 fully saturated rings. The van der Waals surface area contributed by atoms with Gasteiger partial charge in [-0.05, 0) is 32.6 Å². The molecule has 0 unspecified atom stereocenters. The van der Waals surface area contributed by atoms with Gasteiger partial charge >= 0.3 is 0 Å². The molecule has 0 saturated heterocycles. The Bertz CT molecular complexity index is 428. The van der Waals surface area contributed by atoms with Crippen molar-refractivity contribution in [2.24, 2.45) is 11.8 Å². The smallest absolute Gasteiger partial charge is 0.148 e. The highest BCUT2D eigenvalue weighted by Gasteiger charge is 2.22. The van der Waals surface area contributed by atoms with Crippen LogP contribution in [-0.2, 0) is 6.42 Å². The molecule has 1 aliphatic rings. The summed E-state index contributed by atoms with van der Waals surface area (Å²) in [4.78, 5) is 11.5. The van der Waals surface area contributed by atoms with Crippen molar-refractivity contribution in [3.8, 4) is 0 Å². The lowest BCUT2D eigenvalue weighted by Crippen LogP contribution is -2.34. The van der Waals surface area contributed by atoms with Crippen LogP contribution in [0.5, 0.6) is 0 Å². The van der Waals surface area contributed by atoms with Gasteiger partial charge in [0, 0.05) is 25.1 Å². The topological polar surface area (TPSA) is 67.1 Å². The highest BCUT2D eigenvalue weighted by atomic mass is 15.3. The maximum Gasteiger partial charge on any atom is 0.148 e. The van der Waals surface area contributed by atoms with E-state index in [1.807, 2.05) is 6.92 Å². The van der Waals surface area contributed by atoms with Crippen molar-refractivity contribution in [1.82, 2.24) is 9.97 Å². The van der Waals surface area contributed by atoms with E-state index in [0.717, 1.165) is 48.5 Å². The molecule has 106 valence electrons. The fourth-order valence-corrected chi connectivity index (χ4v) is 2.51. The van der Waals surface area contributed by atoms with Crippen LogP contribution >= 0.6 is 0 Å². The Kier molecular flexibility index (Phi) is 4.58. The normalized spacial score (nSPS) is 15.2. The molecule has 0 radical (unpaired) electrons. The van der Waals surface area contributed by atoms with E-state index in [9.17, 15) is 0 Å². The van der Waals surface area contributed by atoms with Crippen molar-refractivity contribution in [1.29, 1.82) is 0 Å². The number of nitrogens with one attached hydrogen (secondary N) is 1. The van der Waals surface area contributed by atoms with E-state index < -0.39 is 0 Å². The van der Waals surface area contributed by atoms with Crippen molar-refractivity contribution in [2.45, 2.75) is 46.5 Å². The van der Waals surface area contributed by atoms with Crippen LogP contribution in [0.3, 0.4) is 0 Å². The van der Waals surface area contributed by atoms with E-state index in [4.69, 9.17) is 10.8 Å². The minimum absolute atomic E-state index is 0.744. The molecule has 1 heterocycles. The number of nitrogens with two attached hydrogens (primary N) is 1. The van der Waals surface area contributed by atoms with Crippen LogP contribution in [0.1, 0.15) is 44.5 Å². The molecule has 2 rings (SSSR count). The molecule has 5 nitrogen and oxygen atoms in total. The van der Waals surface area contributed by atoms with Gasteiger partial charge in [0.05, 0.1) is 0 Å². The van der Waals surface area contributed by atoms with Gasteiger partial charge in [-0.2, -0.15) is 0 Å². The van der Waals surface area contributed by atoms with Gasteiger partial charge in [-0.15, -0.1) is 0 Å². The van der Waals surface area contributed by atoms with Crippen molar-refractivity contribution in [3.63, 3.8) is 0 Å². The Hall–Kier alpha value is -1.36. The third-order valence-corrected chi connectivity index (χ3v) is 4.00. The molecule has 3 N–H and O–H groups in total. The lowest BCUT2D eigenvalue weighted by atomic mass is 9.85. The Balaban J connectivity index is 2.28. The summed E-state index contributed by atoms with van der Waals surface area (Å²) in [6, 6.07) is 0. The highest BCUT2D eigenvalue weighted by molar-refractivity contribution is 5.58. The number of nitrogen functional groups attached to an aromatic ring is 1. The number of rotatable bonds is 6. The second kappa shape index (κ2) is 6.19. The summed E-state index contributed by atoms with van der Waals surface area (Å²) in [5.74, 6) is 9.02. The van der Waals surface area contributed by atoms with Gasteiger partial charge in [0.1, 0.15) is 17.5 Å². The van der Waals surface area contributed by atoms with E-state index >= 15 is 0 Å². The summed E-state index contributed by atoms with van der Waals surface area (Å²) in [5.41, 5.74) is 3.74. The fourth-order valence-electron chi connectivity index (χ4n) is 2.51. The van der Waals surface area contributed by atoms with Gasteiger partial charge < -0.3 is 10.3 Å². The van der Waals surface area contributed by atoms with Crippen LogP contribution < -0.4 is 16.2 Å². The third-order valence-electron chi connectivity index (χ3n) is 4.00. The quantitative estimate of drug-likeness (QED) is 0.608. The third kappa shape index (κ3) is 2.97. The molecule has 1 saturated carbocycles. The van der Waals surface area contributed by atoms with Gasteiger partial charge in [0.25, 0.3) is 0 Å². The summed E-state index contributed by atoms with van der Waals surface area (Å²) < 4.78 is 0. The molecule has 0 aromatic carbocycles. The van der Waals surface area contributed by atoms with Crippen LogP contribution in [0.25, 0.3) is 0 Å². The van der Waals surface area contributed by atoms with Crippen molar-refractivity contribution in [2.75, 3.05) is 23.4 Å². The molecular formula is C14H25N5. The molecule has 19 heavy (non-hydrogen) atoms. The second-order valence-electron chi connectivity index (χ2n) is 5.27. The largest absolute Gasteiger partial charge is 0.356 e. The number of hydrazine groups is 1. The van der Waals surface area contributed by atoms with Crippen LogP contribution in [0, 0.1) is 12.8 Å². The molecule has 0 spiro atoms. The van der Waals surface area contributed by atoms with Crippen LogP contribution in [0.4, 0.5) is 11.6 Å². The number of hydrogen-bond acceptors (Lipinski definition) is 5. The molecule has 1 aromatic heterocycles. The van der Waals surface area contributed by atoms with Crippen LogP contribution in [-0.4, -0.2) is 23.1 Å². The zero-order chi connectivity index (χ0) is 13.8. The summed E-state index contributed by atoms with van der Waals surface area (Å²) in [7, 11) is 0. The van der Waals surface area contributed by atoms with Gasteiger partial charge in [-0.1, -0.05) is 13.3 Å². The first-order valence-corrected chi connectivity index (χ1v) is 7.28. The SMILES string of the molecule is CCc1nc(NN)c(C)c(N(CC)CC2CCC2)n1. The fraction of sp³-hybridized carbons (Fsp3) is 0.714. The first-order chi connectivity index (χ1) is 9.19. The number of aromatic nitrogens is 2. The van der Waals surface area contributed by atoms with Crippen molar-refractivity contribution >= 4 is 11.6 Å². The molecular weight excluding hydrogens is 238 g/mol. The van der Waals surface area contributed by atoms with Crippen LogP contribution in [0.15, 0.2) is 0 Å². The highest BCUT2D eigenvalue weighted by Crippen LogP contribution is 2.30. The molecule has 0 aliphatic heterocycles. The minimum atomic E-state index is 0.744. The van der Waals surface area contributed by atoms with E-state index in [2.05, 4.69) is 29.2 Å². The lowest BCUT2D eigenvalue weighted by Gasteiger charge is -2.33. The maximum atomic E-state index is 5.56. The molecule has 1 aromatic rings. The van der Waals surface area contributed by atoms with Crippen molar-refractivity contribution < 1.29 is 0 Å². The average molecular weight is 263 g/mol. The summed E-state index contributed by atoms with van der Waals surface area (Å²) in [5, 5.41) is 0. The van der Waals surface area contributed by atoms with Gasteiger partial charge in [-0.25, -0.2) is 15.8 Å². The molecule has 0 bridgehead atoms. The second-order valence-corrected chi connectivity index (χ2v) is 5.27. The standard InChI is InChI=1S/C14H25N5/c1-4-12-16-13(18-15)10(3)14(17-12)19(5-2)9-11-7-6-8-11/h11H,4-9,15H2,1-3H3,(H,16,17,18). The molecule has 0 atom stereocenters. The Morgan fingerprint density at radius 1 is 1.32 bits per heavy atom. The first kappa shape index (κ1) is 14.1. The monoisotopic (exact) mass is 263 g/mol. The molecule has 5 heteroatoms. The summed E-state index contributed by atoms with van der Waals surface area (Å²) in [6.45, 7) is 8.36. The number of nitrogens with zero attached hydrogens (tertiary/aromatic N) is 3. The average Bonchev–Trinajstić information content (AvgIpc) is 2.39. The van der Waals surface area contributed by atoms with Crippen LogP contribution in [0.2, 0.25) is 0 Å². The Morgan fingerprint density at radius 3 is 2.53 bits per heavy atom. The van der Waals surface area contributed by atoms with E-state index in [-0.39, 0.29) is 0 Å². The van der Waals surface area contributed by atoms with E-state index in [0.29, 0.717) is 0 Å². The Labute approximate surface area is 115 Å². The summed E-state index contributed by atoms with van der Waals surface area (Å²) >= 11 is 0. The molecule has 1 aliphatic carbocycles. The first-order valence-electron chi connectivity index (χ1n) is 7.28. The predicted octanol–water partition coefficient (Wildman–Crippen LogP) is 2.26. The minimum Gasteiger partial charge on any atom is -0.356 e. The zero-order valence-electron chi connectivity index (χ0n) is 12.2. The zero-order valence-corrected chi connectivity index (χ0v) is 12.2. The number of hydrogen-bond donors (Lipinski definition) is 2. The van der Waals surface area contributed by atoms with Gasteiger partial charge in [0.2, 0.25) is 0 Å².